The molecule has 0 saturated carbocycles. The summed E-state index contributed by atoms with van der Waals surface area (Å²) in [7, 11) is 0. The van der Waals surface area contributed by atoms with Gasteiger partial charge < -0.3 is 4.90 Å². The van der Waals surface area contributed by atoms with Crippen LogP contribution in [0, 0.1) is 19.8 Å². The molecule has 2 rings (SSSR count). The van der Waals surface area contributed by atoms with Crippen LogP contribution >= 0.6 is 11.6 Å². The van der Waals surface area contributed by atoms with Gasteiger partial charge in [0.15, 0.2) is 0 Å². The fraction of sp³-hybridized carbons (Fsp3) is 0.533. The maximum atomic E-state index is 12.6. The normalized spacial score (nSPS) is 23.4. The predicted octanol–water partition coefficient (Wildman–Crippen LogP) is 3.39. The van der Waals surface area contributed by atoms with Crippen molar-refractivity contribution in [3.8, 4) is 0 Å². The molecule has 1 aliphatic heterocycles. The van der Waals surface area contributed by atoms with Gasteiger partial charge in [0.25, 0.3) is 5.91 Å². The summed E-state index contributed by atoms with van der Waals surface area (Å²) in [6.45, 7) is 7.00. The SMILES string of the molecule is Cc1ccc(C)c(C(=O)N2CCC(C)C2CCl)c1. The van der Waals surface area contributed by atoms with Crippen LogP contribution in [0.15, 0.2) is 18.2 Å². The van der Waals surface area contributed by atoms with Crippen LogP contribution in [0.1, 0.15) is 34.8 Å². The van der Waals surface area contributed by atoms with Crippen LogP contribution in [0.25, 0.3) is 0 Å². The zero-order valence-corrected chi connectivity index (χ0v) is 12.0. The number of amides is 1. The number of hydrogen-bond donors (Lipinski definition) is 0. The minimum absolute atomic E-state index is 0.131. The first-order valence-corrected chi connectivity index (χ1v) is 7.02. The lowest BCUT2D eigenvalue weighted by Gasteiger charge is -2.26. The summed E-state index contributed by atoms with van der Waals surface area (Å²) >= 11 is 6.01. The van der Waals surface area contributed by atoms with Crippen molar-refractivity contribution in [1.82, 2.24) is 4.90 Å². The van der Waals surface area contributed by atoms with Crippen molar-refractivity contribution in [3.63, 3.8) is 0 Å². The molecule has 18 heavy (non-hydrogen) atoms. The van der Waals surface area contributed by atoms with E-state index in [-0.39, 0.29) is 11.9 Å². The van der Waals surface area contributed by atoms with Crippen molar-refractivity contribution in [2.75, 3.05) is 12.4 Å². The summed E-state index contributed by atoms with van der Waals surface area (Å²) < 4.78 is 0. The molecule has 0 aromatic heterocycles. The molecule has 1 aromatic rings. The van der Waals surface area contributed by atoms with Crippen molar-refractivity contribution in [2.45, 2.75) is 33.2 Å². The standard InChI is InChI=1S/C15H20ClNO/c1-10-4-5-11(2)13(8-10)15(18)17-7-6-12(3)14(17)9-16/h4-5,8,12,14H,6-7,9H2,1-3H3. The number of carbonyl (C=O) groups excluding carboxylic acids is 1. The lowest BCUT2D eigenvalue weighted by molar-refractivity contribution is 0.0736. The summed E-state index contributed by atoms with van der Waals surface area (Å²) in [6, 6.07) is 6.21. The van der Waals surface area contributed by atoms with Gasteiger partial charge in [0.1, 0.15) is 0 Å². The van der Waals surface area contributed by atoms with E-state index < -0.39 is 0 Å². The van der Waals surface area contributed by atoms with E-state index in [1.165, 1.54) is 0 Å². The summed E-state index contributed by atoms with van der Waals surface area (Å²) in [5.41, 5.74) is 2.98. The molecule has 0 radical (unpaired) electrons. The Kier molecular flexibility index (Phi) is 3.96. The second kappa shape index (κ2) is 5.31. The van der Waals surface area contributed by atoms with E-state index in [1.807, 2.05) is 36.9 Å². The van der Waals surface area contributed by atoms with Gasteiger partial charge in [-0.2, -0.15) is 0 Å². The topological polar surface area (TPSA) is 20.3 Å². The first-order chi connectivity index (χ1) is 8.54. The van der Waals surface area contributed by atoms with Gasteiger partial charge in [0.05, 0.1) is 0 Å². The molecule has 2 unspecified atom stereocenters. The average molecular weight is 266 g/mol. The van der Waals surface area contributed by atoms with Crippen LogP contribution in [0.5, 0.6) is 0 Å². The van der Waals surface area contributed by atoms with E-state index in [2.05, 4.69) is 6.92 Å². The molecule has 2 atom stereocenters. The molecule has 1 aromatic carbocycles. The molecule has 1 fully saturated rings. The molecule has 0 N–H and O–H groups in total. The van der Waals surface area contributed by atoms with Crippen LogP contribution in [-0.4, -0.2) is 29.3 Å². The van der Waals surface area contributed by atoms with E-state index in [4.69, 9.17) is 11.6 Å². The number of benzene rings is 1. The van der Waals surface area contributed by atoms with Crippen molar-refractivity contribution in [2.24, 2.45) is 5.92 Å². The number of alkyl halides is 1. The van der Waals surface area contributed by atoms with Crippen molar-refractivity contribution in [3.05, 3.63) is 34.9 Å². The third-order valence-electron chi connectivity index (χ3n) is 3.92. The summed E-state index contributed by atoms with van der Waals surface area (Å²) in [4.78, 5) is 14.5. The fourth-order valence-electron chi connectivity index (χ4n) is 2.62. The number of halogens is 1. The van der Waals surface area contributed by atoms with Gasteiger partial charge in [0, 0.05) is 24.0 Å². The first-order valence-electron chi connectivity index (χ1n) is 6.48. The van der Waals surface area contributed by atoms with E-state index in [0.29, 0.717) is 11.8 Å². The second-order valence-electron chi connectivity index (χ2n) is 5.30. The third kappa shape index (κ3) is 2.39. The van der Waals surface area contributed by atoms with Crippen molar-refractivity contribution in [1.29, 1.82) is 0 Å². The Labute approximate surface area is 114 Å². The molecule has 0 aliphatic carbocycles. The van der Waals surface area contributed by atoms with Crippen molar-refractivity contribution >= 4 is 17.5 Å². The van der Waals surface area contributed by atoms with Crippen LogP contribution in [0.3, 0.4) is 0 Å². The third-order valence-corrected chi connectivity index (χ3v) is 4.24. The zero-order chi connectivity index (χ0) is 13.3. The van der Waals surface area contributed by atoms with Crippen LogP contribution in [0.2, 0.25) is 0 Å². The zero-order valence-electron chi connectivity index (χ0n) is 11.2. The van der Waals surface area contributed by atoms with Gasteiger partial charge in [-0.25, -0.2) is 0 Å². The lowest BCUT2D eigenvalue weighted by Crippen LogP contribution is -2.39. The number of rotatable bonds is 2. The van der Waals surface area contributed by atoms with Crippen LogP contribution in [-0.2, 0) is 0 Å². The van der Waals surface area contributed by atoms with Crippen LogP contribution in [0.4, 0.5) is 0 Å². The Morgan fingerprint density at radius 3 is 2.83 bits per heavy atom. The first kappa shape index (κ1) is 13.4. The maximum Gasteiger partial charge on any atom is 0.254 e. The van der Waals surface area contributed by atoms with Gasteiger partial charge in [-0.15, -0.1) is 11.6 Å². The van der Waals surface area contributed by atoms with Gasteiger partial charge in [-0.05, 0) is 37.8 Å². The monoisotopic (exact) mass is 265 g/mol. The summed E-state index contributed by atoms with van der Waals surface area (Å²) in [6.07, 6.45) is 1.05. The molecule has 98 valence electrons. The highest BCUT2D eigenvalue weighted by molar-refractivity contribution is 6.18. The number of aryl methyl sites for hydroxylation is 2. The Hall–Kier alpha value is -1.02. The number of nitrogens with zero attached hydrogens (tertiary/aromatic N) is 1. The predicted molar refractivity (Wildman–Crippen MR) is 75.2 cm³/mol. The number of hydrogen-bond acceptors (Lipinski definition) is 1. The second-order valence-corrected chi connectivity index (χ2v) is 5.61. The van der Waals surface area contributed by atoms with Gasteiger partial charge in [-0.3, -0.25) is 4.79 Å². The Morgan fingerprint density at radius 2 is 2.17 bits per heavy atom. The molecule has 2 nitrogen and oxygen atoms in total. The molecule has 1 amide bonds. The van der Waals surface area contributed by atoms with E-state index in [1.54, 1.807) is 0 Å². The average Bonchev–Trinajstić information content (AvgIpc) is 2.72. The Morgan fingerprint density at radius 1 is 1.44 bits per heavy atom. The van der Waals surface area contributed by atoms with Gasteiger partial charge >= 0.3 is 0 Å². The summed E-state index contributed by atoms with van der Waals surface area (Å²) in [5.74, 6) is 1.15. The molecular formula is C15H20ClNO. The van der Waals surface area contributed by atoms with Crippen molar-refractivity contribution < 1.29 is 4.79 Å². The molecule has 1 aliphatic rings. The lowest BCUT2D eigenvalue weighted by atomic mass is 10.0. The number of carbonyl (C=O) groups is 1. The quantitative estimate of drug-likeness (QED) is 0.751. The van der Waals surface area contributed by atoms with E-state index >= 15 is 0 Å². The summed E-state index contributed by atoms with van der Waals surface area (Å²) in [5, 5.41) is 0. The Bertz CT molecular complexity index is 458. The van der Waals surface area contributed by atoms with E-state index in [0.717, 1.165) is 29.7 Å². The van der Waals surface area contributed by atoms with Gasteiger partial charge in [0.2, 0.25) is 0 Å². The molecule has 3 heteroatoms. The minimum atomic E-state index is 0.131. The molecule has 1 heterocycles. The highest BCUT2D eigenvalue weighted by Crippen LogP contribution is 2.27. The number of likely N-dealkylation sites (tertiary alicyclic amines) is 1. The minimum Gasteiger partial charge on any atom is -0.334 e. The van der Waals surface area contributed by atoms with E-state index in [9.17, 15) is 4.79 Å². The largest absolute Gasteiger partial charge is 0.334 e. The molecule has 0 bridgehead atoms. The van der Waals surface area contributed by atoms with Crippen LogP contribution < -0.4 is 0 Å². The molecule has 1 saturated heterocycles. The Balaban J connectivity index is 2.28. The fourth-order valence-corrected chi connectivity index (χ4v) is 3.09. The maximum absolute atomic E-state index is 12.6. The molecule has 0 spiro atoms. The van der Waals surface area contributed by atoms with Gasteiger partial charge in [-0.1, -0.05) is 24.6 Å². The smallest absolute Gasteiger partial charge is 0.254 e. The highest BCUT2D eigenvalue weighted by Gasteiger charge is 2.34. The molecular weight excluding hydrogens is 246 g/mol. The highest BCUT2D eigenvalue weighted by atomic mass is 35.5.